The highest BCUT2D eigenvalue weighted by molar-refractivity contribution is 5.96. The molecule has 178 valence electrons. The quantitative estimate of drug-likeness (QED) is 0.562. The summed E-state index contributed by atoms with van der Waals surface area (Å²) in [5.41, 5.74) is 1.17. The third-order valence-corrected chi connectivity index (χ3v) is 10.3. The first kappa shape index (κ1) is 22.8. The number of carboxylic acids is 1. The van der Waals surface area contributed by atoms with Crippen molar-refractivity contribution in [3.05, 3.63) is 47.0 Å². The number of carboxylic acid groups (broad SMARTS) is 1. The van der Waals surface area contributed by atoms with E-state index in [0.29, 0.717) is 36.3 Å². The number of aliphatic hydroxyl groups excluding tert-OH is 2. The van der Waals surface area contributed by atoms with Crippen LogP contribution in [0.5, 0.6) is 0 Å². The SMILES string of the molecule is CC1=C2[C@@H](O)C(=O)[C@]3(C)[C@@H](O)C[C@H]4OC[C@H]4C34C(C)[C@H](CC1)[C@]24C.O=C(O)c1ccccc1. The molecule has 0 amide bonds. The van der Waals surface area contributed by atoms with E-state index in [9.17, 15) is 19.8 Å². The number of benzene rings is 1. The minimum atomic E-state index is -1.05. The van der Waals surface area contributed by atoms with Gasteiger partial charge in [0.25, 0.3) is 0 Å². The molecule has 1 aromatic carbocycles. The van der Waals surface area contributed by atoms with Gasteiger partial charge in [0.15, 0.2) is 5.78 Å². The number of allylic oxidation sites excluding steroid dienone is 1. The Morgan fingerprint density at radius 2 is 1.76 bits per heavy atom. The van der Waals surface area contributed by atoms with Gasteiger partial charge >= 0.3 is 5.97 Å². The summed E-state index contributed by atoms with van der Waals surface area (Å²) in [7, 11) is 0. The minimum Gasteiger partial charge on any atom is -0.478 e. The molecule has 2 unspecified atom stereocenters. The smallest absolute Gasteiger partial charge is 0.335 e. The van der Waals surface area contributed by atoms with Crippen LogP contribution in [0.3, 0.4) is 0 Å². The van der Waals surface area contributed by atoms with E-state index in [2.05, 4.69) is 20.8 Å². The lowest BCUT2D eigenvalue weighted by molar-refractivity contribution is -0.372. The van der Waals surface area contributed by atoms with Gasteiger partial charge in [-0.25, -0.2) is 4.79 Å². The monoisotopic (exact) mass is 454 g/mol. The Hall–Kier alpha value is -2.02. The number of aliphatic hydroxyl groups is 2. The Bertz CT molecular complexity index is 1030. The second kappa shape index (κ2) is 7.24. The van der Waals surface area contributed by atoms with Crippen LogP contribution >= 0.6 is 0 Å². The van der Waals surface area contributed by atoms with Crippen molar-refractivity contribution in [1.82, 2.24) is 0 Å². The molecular formula is C27H34O6. The third kappa shape index (κ3) is 2.44. The van der Waals surface area contributed by atoms with Gasteiger partial charge in [-0.1, -0.05) is 37.6 Å². The number of hydrogen-bond acceptors (Lipinski definition) is 5. The van der Waals surface area contributed by atoms with Crippen molar-refractivity contribution in [2.24, 2.45) is 34.0 Å². The summed E-state index contributed by atoms with van der Waals surface area (Å²) in [5, 5.41) is 30.4. The summed E-state index contributed by atoms with van der Waals surface area (Å²) in [6.07, 6.45) is 0.914. The molecule has 6 nitrogen and oxygen atoms in total. The maximum absolute atomic E-state index is 13.4. The number of fused-ring (bicyclic) bond motifs is 1. The lowest BCUT2D eigenvalue weighted by Crippen LogP contribution is -2.86. The number of ketones is 1. The first-order valence-corrected chi connectivity index (χ1v) is 12.0. The number of ether oxygens (including phenoxy) is 1. The highest BCUT2D eigenvalue weighted by Gasteiger charge is 2.86. The minimum absolute atomic E-state index is 0.0693. The van der Waals surface area contributed by atoms with Gasteiger partial charge in [0.1, 0.15) is 6.10 Å². The molecular weight excluding hydrogens is 420 g/mol. The van der Waals surface area contributed by atoms with Gasteiger partial charge in [-0.15, -0.1) is 0 Å². The van der Waals surface area contributed by atoms with Crippen molar-refractivity contribution < 1.29 is 29.6 Å². The van der Waals surface area contributed by atoms with Gasteiger partial charge in [0.05, 0.1) is 29.8 Å². The molecule has 0 aromatic heterocycles. The number of rotatable bonds is 1. The summed E-state index contributed by atoms with van der Waals surface area (Å²) < 4.78 is 5.80. The topological polar surface area (TPSA) is 104 Å². The number of aromatic carboxylic acids is 1. The molecule has 1 aromatic rings. The fourth-order valence-electron chi connectivity index (χ4n) is 9.13. The van der Waals surface area contributed by atoms with Crippen molar-refractivity contribution >= 4 is 11.8 Å². The maximum Gasteiger partial charge on any atom is 0.335 e. The fourth-order valence-corrected chi connectivity index (χ4v) is 9.13. The molecule has 4 fully saturated rings. The van der Waals surface area contributed by atoms with Crippen molar-refractivity contribution in [2.45, 2.75) is 65.3 Å². The van der Waals surface area contributed by atoms with Crippen molar-refractivity contribution in [1.29, 1.82) is 0 Å². The molecule has 4 aliphatic carbocycles. The Kier molecular flexibility index (Phi) is 4.99. The van der Waals surface area contributed by atoms with Gasteiger partial charge in [-0.05, 0) is 56.2 Å². The average molecular weight is 455 g/mol. The summed E-state index contributed by atoms with van der Waals surface area (Å²) in [4.78, 5) is 23.6. The van der Waals surface area contributed by atoms with Crippen molar-refractivity contribution in [3.63, 3.8) is 0 Å². The summed E-state index contributed by atoms with van der Waals surface area (Å²) in [5.74, 6) is 0.151. The van der Waals surface area contributed by atoms with E-state index in [1.54, 1.807) is 30.3 Å². The van der Waals surface area contributed by atoms with Crippen LogP contribution in [-0.2, 0) is 9.53 Å². The van der Waals surface area contributed by atoms with Crippen LogP contribution in [0.15, 0.2) is 41.5 Å². The van der Waals surface area contributed by atoms with Crippen LogP contribution < -0.4 is 0 Å². The third-order valence-electron chi connectivity index (χ3n) is 10.3. The Labute approximate surface area is 194 Å². The van der Waals surface area contributed by atoms with E-state index in [4.69, 9.17) is 9.84 Å². The van der Waals surface area contributed by atoms with Gasteiger partial charge < -0.3 is 20.1 Å². The zero-order valence-corrected chi connectivity index (χ0v) is 19.7. The Morgan fingerprint density at radius 1 is 1.09 bits per heavy atom. The van der Waals surface area contributed by atoms with E-state index in [1.165, 1.54) is 5.57 Å². The predicted molar refractivity (Wildman–Crippen MR) is 122 cm³/mol. The number of hydrogen-bond donors (Lipinski definition) is 3. The number of carbonyl (C=O) groups excluding carboxylic acids is 1. The Balaban J connectivity index is 0.000000215. The molecule has 3 saturated carbocycles. The van der Waals surface area contributed by atoms with Crippen LogP contribution in [0.2, 0.25) is 0 Å². The maximum atomic E-state index is 13.4. The highest BCUT2D eigenvalue weighted by atomic mass is 16.5. The molecule has 1 aliphatic heterocycles. The normalized spacial score (nSPS) is 47.0. The van der Waals surface area contributed by atoms with Crippen LogP contribution in [-0.4, -0.2) is 52.0 Å². The Morgan fingerprint density at radius 3 is 2.30 bits per heavy atom. The second-order valence-electron chi connectivity index (χ2n) is 11.1. The van der Waals surface area contributed by atoms with Gasteiger partial charge in [-0.2, -0.15) is 0 Å². The van der Waals surface area contributed by atoms with E-state index in [1.807, 2.05) is 6.92 Å². The van der Waals surface area contributed by atoms with Crippen molar-refractivity contribution in [2.75, 3.05) is 6.61 Å². The van der Waals surface area contributed by atoms with E-state index in [-0.39, 0.29) is 22.7 Å². The zero-order chi connectivity index (χ0) is 23.9. The summed E-state index contributed by atoms with van der Waals surface area (Å²) in [6, 6.07) is 8.30. The molecule has 0 bridgehead atoms. The lowest BCUT2D eigenvalue weighted by atomic mass is 9.21. The van der Waals surface area contributed by atoms with E-state index >= 15 is 0 Å². The van der Waals surface area contributed by atoms with E-state index in [0.717, 1.165) is 18.4 Å². The first-order chi connectivity index (χ1) is 15.5. The van der Waals surface area contributed by atoms with E-state index < -0.39 is 23.6 Å². The molecule has 33 heavy (non-hydrogen) atoms. The summed E-state index contributed by atoms with van der Waals surface area (Å²) >= 11 is 0. The molecule has 9 atom stereocenters. The molecule has 6 rings (SSSR count). The number of carbonyl (C=O) groups is 2. The van der Waals surface area contributed by atoms with Gasteiger partial charge in [0.2, 0.25) is 0 Å². The second-order valence-corrected chi connectivity index (χ2v) is 11.1. The molecule has 0 radical (unpaired) electrons. The molecule has 1 saturated heterocycles. The summed E-state index contributed by atoms with van der Waals surface area (Å²) in [6.45, 7) is 9.27. The van der Waals surface area contributed by atoms with Gasteiger partial charge in [-0.3, -0.25) is 4.79 Å². The fraction of sp³-hybridized carbons (Fsp3) is 0.630. The van der Waals surface area contributed by atoms with Gasteiger partial charge in [0, 0.05) is 23.2 Å². The molecule has 1 spiro atoms. The molecule has 5 aliphatic rings. The largest absolute Gasteiger partial charge is 0.478 e. The van der Waals surface area contributed by atoms with Crippen LogP contribution in [0.1, 0.15) is 57.3 Å². The lowest BCUT2D eigenvalue weighted by Gasteiger charge is -2.83. The number of Topliss-reactive ketones (excluding diaryl/α,β-unsaturated/α-hetero) is 1. The molecule has 3 N–H and O–H groups in total. The van der Waals surface area contributed by atoms with Crippen LogP contribution in [0.25, 0.3) is 0 Å². The molecule has 6 heteroatoms. The van der Waals surface area contributed by atoms with Crippen LogP contribution in [0, 0.1) is 34.0 Å². The standard InChI is InChI=1S/C20H28O4.C7H6O2/c1-9-5-6-11-10(2)20-12-8-24-13(12)7-14(21)19(20,4)17(23)16(22)15(9)18(11,20)3;8-7(9)6-4-2-1-3-5-6/h10-14,16,21-22H,5-8H2,1-4H3;1-5H,(H,8,9)/t10?,11-,12+,13+,14-,16+,18+,19-,20?;/m0./s1. The average Bonchev–Trinajstić information content (AvgIpc) is 2.77. The van der Waals surface area contributed by atoms with Crippen molar-refractivity contribution in [3.8, 4) is 0 Å². The first-order valence-electron chi connectivity index (χ1n) is 12.0. The molecule has 1 heterocycles. The zero-order valence-electron chi connectivity index (χ0n) is 19.7. The highest BCUT2D eigenvalue weighted by Crippen LogP contribution is 2.84. The van der Waals surface area contributed by atoms with Crippen LogP contribution in [0.4, 0.5) is 0 Å². The predicted octanol–water partition coefficient (Wildman–Crippen LogP) is 3.47.